The second-order valence-electron chi connectivity index (χ2n) is 8.26. The van der Waals surface area contributed by atoms with Crippen molar-refractivity contribution >= 4 is 34.4 Å². The molecule has 1 aliphatic heterocycles. The van der Waals surface area contributed by atoms with Crippen molar-refractivity contribution in [2.75, 3.05) is 19.7 Å². The van der Waals surface area contributed by atoms with Gasteiger partial charge in [0.15, 0.2) is 0 Å². The van der Waals surface area contributed by atoms with Crippen LogP contribution in [0.2, 0.25) is 5.02 Å². The molecule has 0 spiro atoms. The fourth-order valence-electron chi connectivity index (χ4n) is 4.46. The van der Waals surface area contributed by atoms with Crippen LogP contribution in [0.25, 0.3) is 10.9 Å². The van der Waals surface area contributed by atoms with E-state index < -0.39 is 5.41 Å². The van der Waals surface area contributed by atoms with Gasteiger partial charge in [0.25, 0.3) is 5.91 Å². The third-order valence-electron chi connectivity index (χ3n) is 6.33. The van der Waals surface area contributed by atoms with E-state index in [1.54, 1.807) is 0 Å². The Bertz CT molecular complexity index is 908. The molecule has 1 saturated carbocycles. The molecule has 150 valence electrons. The SMILES string of the molecule is CCOC(=O)C1(CC2CC2)CCN(C(=O)c2[nH]c3ccc(Cl)cc3c2C)CC1. The van der Waals surface area contributed by atoms with E-state index in [0.29, 0.717) is 49.2 Å². The van der Waals surface area contributed by atoms with Crippen molar-refractivity contribution in [2.45, 2.75) is 46.0 Å². The van der Waals surface area contributed by atoms with Crippen LogP contribution in [0.3, 0.4) is 0 Å². The van der Waals surface area contributed by atoms with Gasteiger partial charge in [0, 0.05) is 29.0 Å². The average Bonchev–Trinajstić information content (AvgIpc) is 3.44. The molecule has 0 unspecified atom stereocenters. The largest absolute Gasteiger partial charge is 0.466 e. The van der Waals surface area contributed by atoms with Gasteiger partial charge in [-0.2, -0.15) is 0 Å². The van der Waals surface area contributed by atoms with Crippen molar-refractivity contribution in [3.05, 3.63) is 34.5 Å². The second kappa shape index (κ2) is 7.43. The van der Waals surface area contributed by atoms with Gasteiger partial charge in [0.05, 0.1) is 12.0 Å². The van der Waals surface area contributed by atoms with Crippen LogP contribution in [-0.4, -0.2) is 41.5 Å². The number of carbonyl (C=O) groups excluding carboxylic acids is 2. The van der Waals surface area contributed by atoms with Crippen LogP contribution in [0.15, 0.2) is 18.2 Å². The molecule has 2 heterocycles. The maximum absolute atomic E-state index is 13.2. The Kier molecular flexibility index (Phi) is 5.13. The number of aromatic amines is 1. The molecule has 1 aromatic carbocycles. The Labute approximate surface area is 170 Å². The van der Waals surface area contributed by atoms with Crippen LogP contribution in [-0.2, 0) is 9.53 Å². The number of H-pyrrole nitrogens is 1. The monoisotopic (exact) mass is 402 g/mol. The standard InChI is InChI=1S/C22H27ClN2O3/c1-3-28-21(27)22(13-15-4-5-15)8-10-25(11-9-22)20(26)19-14(2)17-12-16(23)6-7-18(17)24-19/h6-7,12,15,24H,3-5,8-11,13H2,1-2H3. The van der Waals surface area contributed by atoms with Crippen LogP contribution in [0.4, 0.5) is 0 Å². The summed E-state index contributed by atoms with van der Waals surface area (Å²) in [5, 5.41) is 1.63. The fraction of sp³-hybridized carbons (Fsp3) is 0.545. The summed E-state index contributed by atoms with van der Waals surface area (Å²) >= 11 is 6.11. The van der Waals surface area contributed by atoms with Crippen molar-refractivity contribution in [1.29, 1.82) is 0 Å². The smallest absolute Gasteiger partial charge is 0.312 e. The van der Waals surface area contributed by atoms with Gasteiger partial charge in [-0.1, -0.05) is 24.4 Å². The molecule has 0 radical (unpaired) electrons. The van der Waals surface area contributed by atoms with Crippen LogP contribution in [0, 0.1) is 18.3 Å². The lowest BCUT2D eigenvalue weighted by Gasteiger charge is -2.40. The van der Waals surface area contributed by atoms with Gasteiger partial charge in [-0.25, -0.2) is 0 Å². The van der Waals surface area contributed by atoms with E-state index in [-0.39, 0.29) is 11.9 Å². The zero-order chi connectivity index (χ0) is 19.9. The number of aryl methyl sites for hydroxylation is 1. The maximum Gasteiger partial charge on any atom is 0.312 e. The highest BCUT2D eigenvalue weighted by Crippen LogP contribution is 2.46. The van der Waals surface area contributed by atoms with Crippen LogP contribution < -0.4 is 0 Å². The second-order valence-corrected chi connectivity index (χ2v) is 8.69. The summed E-state index contributed by atoms with van der Waals surface area (Å²) in [5.41, 5.74) is 2.03. The minimum atomic E-state index is -0.420. The van der Waals surface area contributed by atoms with Crippen molar-refractivity contribution < 1.29 is 14.3 Å². The lowest BCUT2D eigenvalue weighted by atomic mass is 9.74. The first-order valence-electron chi connectivity index (χ1n) is 10.2. The molecule has 2 aromatic rings. The summed E-state index contributed by atoms with van der Waals surface area (Å²) in [7, 11) is 0. The summed E-state index contributed by atoms with van der Waals surface area (Å²) in [5.74, 6) is 0.562. The number of halogens is 1. The normalized spacial score (nSPS) is 19.0. The van der Waals surface area contributed by atoms with Gasteiger partial charge >= 0.3 is 5.97 Å². The molecule has 1 aliphatic carbocycles. The topological polar surface area (TPSA) is 62.4 Å². The molecule has 0 bridgehead atoms. The highest BCUT2D eigenvalue weighted by molar-refractivity contribution is 6.31. The fourth-order valence-corrected chi connectivity index (χ4v) is 4.63. The van der Waals surface area contributed by atoms with E-state index in [0.717, 1.165) is 22.9 Å². The number of esters is 1. The lowest BCUT2D eigenvalue weighted by molar-refractivity contribution is -0.159. The van der Waals surface area contributed by atoms with Gasteiger partial charge in [-0.3, -0.25) is 9.59 Å². The van der Waals surface area contributed by atoms with Crippen LogP contribution >= 0.6 is 11.6 Å². The van der Waals surface area contributed by atoms with E-state index in [4.69, 9.17) is 16.3 Å². The number of ether oxygens (including phenoxy) is 1. The quantitative estimate of drug-likeness (QED) is 0.736. The molecular formula is C22H27ClN2O3. The molecule has 4 rings (SSSR count). The Balaban J connectivity index is 1.51. The number of aromatic nitrogens is 1. The molecule has 2 fully saturated rings. The number of fused-ring (bicyclic) bond motifs is 1. The molecule has 1 amide bonds. The predicted molar refractivity (Wildman–Crippen MR) is 110 cm³/mol. The third-order valence-corrected chi connectivity index (χ3v) is 6.56. The Morgan fingerprint density at radius 2 is 2.00 bits per heavy atom. The molecule has 6 heteroatoms. The average molecular weight is 403 g/mol. The van der Waals surface area contributed by atoms with Crippen LogP contribution in [0.5, 0.6) is 0 Å². The molecular weight excluding hydrogens is 376 g/mol. The first-order chi connectivity index (χ1) is 13.4. The number of hydrogen-bond acceptors (Lipinski definition) is 3. The Morgan fingerprint density at radius 3 is 2.64 bits per heavy atom. The summed E-state index contributed by atoms with van der Waals surface area (Å²) in [6.45, 7) is 5.37. The van der Waals surface area contributed by atoms with E-state index in [1.807, 2.05) is 36.9 Å². The Hall–Kier alpha value is -2.01. The highest BCUT2D eigenvalue weighted by Gasteiger charge is 2.46. The molecule has 0 atom stereocenters. The number of rotatable bonds is 5. The molecule has 5 nitrogen and oxygen atoms in total. The first-order valence-corrected chi connectivity index (χ1v) is 10.6. The zero-order valence-corrected chi connectivity index (χ0v) is 17.3. The maximum atomic E-state index is 13.2. The van der Waals surface area contributed by atoms with Gasteiger partial charge in [-0.05, 0) is 62.8 Å². The van der Waals surface area contributed by atoms with Gasteiger partial charge < -0.3 is 14.6 Å². The van der Waals surface area contributed by atoms with Crippen LogP contribution in [0.1, 0.15) is 55.1 Å². The number of nitrogens with one attached hydrogen (secondary N) is 1. The lowest BCUT2D eigenvalue weighted by Crippen LogP contribution is -2.47. The zero-order valence-electron chi connectivity index (χ0n) is 16.5. The molecule has 1 saturated heterocycles. The van der Waals surface area contributed by atoms with E-state index in [1.165, 1.54) is 12.8 Å². The van der Waals surface area contributed by atoms with Gasteiger partial charge in [-0.15, -0.1) is 0 Å². The highest BCUT2D eigenvalue weighted by atomic mass is 35.5. The summed E-state index contributed by atoms with van der Waals surface area (Å²) in [4.78, 5) is 31.0. The molecule has 28 heavy (non-hydrogen) atoms. The van der Waals surface area contributed by atoms with E-state index in [9.17, 15) is 9.59 Å². The number of benzene rings is 1. The molecule has 1 N–H and O–H groups in total. The van der Waals surface area contributed by atoms with Crippen molar-refractivity contribution in [1.82, 2.24) is 9.88 Å². The molecule has 1 aromatic heterocycles. The number of piperidine rings is 1. The summed E-state index contributed by atoms with van der Waals surface area (Å²) in [6.07, 6.45) is 4.68. The summed E-state index contributed by atoms with van der Waals surface area (Å²) in [6, 6.07) is 5.61. The third kappa shape index (κ3) is 3.52. The number of hydrogen-bond donors (Lipinski definition) is 1. The van der Waals surface area contributed by atoms with Crippen molar-refractivity contribution in [3.63, 3.8) is 0 Å². The van der Waals surface area contributed by atoms with E-state index in [2.05, 4.69) is 4.98 Å². The Morgan fingerprint density at radius 1 is 1.29 bits per heavy atom. The van der Waals surface area contributed by atoms with Crippen molar-refractivity contribution in [2.24, 2.45) is 11.3 Å². The summed E-state index contributed by atoms with van der Waals surface area (Å²) < 4.78 is 5.40. The molecule has 2 aliphatic rings. The van der Waals surface area contributed by atoms with Gasteiger partial charge in [0.1, 0.15) is 5.69 Å². The first kappa shape index (κ1) is 19.3. The minimum absolute atomic E-state index is 0.00583. The van der Waals surface area contributed by atoms with Crippen molar-refractivity contribution in [3.8, 4) is 0 Å². The number of carbonyl (C=O) groups is 2. The number of amides is 1. The predicted octanol–water partition coefficient (Wildman–Crippen LogP) is 4.72. The van der Waals surface area contributed by atoms with Gasteiger partial charge in [0.2, 0.25) is 0 Å². The minimum Gasteiger partial charge on any atom is -0.466 e. The number of nitrogens with zero attached hydrogens (tertiary/aromatic N) is 1. The number of likely N-dealkylation sites (tertiary alicyclic amines) is 1. The van der Waals surface area contributed by atoms with E-state index >= 15 is 0 Å².